The Hall–Kier alpha value is -4.00. The minimum atomic E-state index is -0.207. The Balaban J connectivity index is 1.53. The number of amides is 2. The van der Waals surface area contributed by atoms with E-state index in [9.17, 15) is 9.59 Å². The van der Waals surface area contributed by atoms with Crippen molar-refractivity contribution in [3.63, 3.8) is 0 Å². The smallest absolute Gasteiger partial charge is 0.255 e. The van der Waals surface area contributed by atoms with E-state index >= 15 is 0 Å². The second-order valence-corrected chi connectivity index (χ2v) is 7.84. The van der Waals surface area contributed by atoms with E-state index in [1.165, 1.54) is 0 Å². The van der Waals surface area contributed by atoms with Gasteiger partial charge < -0.3 is 10.2 Å². The van der Waals surface area contributed by atoms with Crippen molar-refractivity contribution in [1.29, 1.82) is 0 Å². The van der Waals surface area contributed by atoms with Crippen molar-refractivity contribution in [2.45, 2.75) is 19.9 Å². The van der Waals surface area contributed by atoms with E-state index in [0.717, 1.165) is 22.3 Å². The SMILES string of the molecule is Cc1nn(C)c2ncc(C(=O)N(C)C(C)c3cccc(NC(=O)c4ccccc4)c3)cc12. The van der Waals surface area contributed by atoms with Crippen molar-refractivity contribution < 1.29 is 9.59 Å². The molecule has 0 saturated carbocycles. The number of aryl methyl sites for hydroxylation is 2. The number of nitrogens with zero attached hydrogens (tertiary/aromatic N) is 4. The van der Waals surface area contributed by atoms with Crippen LogP contribution in [0.2, 0.25) is 0 Å². The molecule has 2 aromatic heterocycles. The molecule has 7 heteroatoms. The quantitative estimate of drug-likeness (QED) is 0.513. The summed E-state index contributed by atoms with van der Waals surface area (Å²) in [5.41, 5.74) is 4.28. The van der Waals surface area contributed by atoms with Crippen molar-refractivity contribution in [3.8, 4) is 0 Å². The van der Waals surface area contributed by atoms with Crippen molar-refractivity contribution in [2.24, 2.45) is 7.05 Å². The van der Waals surface area contributed by atoms with Gasteiger partial charge in [-0.3, -0.25) is 14.3 Å². The van der Waals surface area contributed by atoms with Crippen LogP contribution in [0.25, 0.3) is 11.0 Å². The zero-order valence-electron chi connectivity index (χ0n) is 18.5. The lowest BCUT2D eigenvalue weighted by molar-refractivity contribution is 0.0742. The lowest BCUT2D eigenvalue weighted by atomic mass is 10.1. The highest BCUT2D eigenvalue weighted by Gasteiger charge is 2.21. The van der Waals surface area contributed by atoms with E-state index in [1.807, 2.05) is 69.4 Å². The molecule has 1 N–H and O–H groups in total. The highest BCUT2D eigenvalue weighted by atomic mass is 16.2. The first-order valence-corrected chi connectivity index (χ1v) is 10.4. The Morgan fingerprint density at radius 2 is 1.78 bits per heavy atom. The molecule has 7 nitrogen and oxygen atoms in total. The Morgan fingerprint density at radius 3 is 2.53 bits per heavy atom. The largest absolute Gasteiger partial charge is 0.335 e. The van der Waals surface area contributed by atoms with E-state index in [4.69, 9.17) is 0 Å². The monoisotopic (exact) mass is 427 g/mol. The Kier molecular flexibility index (Phi) is 5.73. The molecule has 0 spiro atoms. The summed E-state index contributed by atoms with van der Waals surface area (Å²) < 4.78 is 1.71. The first-order chi connectivity index (χ1) is 15.3. The fourth-order valence-electron chi connectivity index (χ4n) is 3.70. The summed E-state index contributed by atoms with van der Waals surface area (Å²) >= 11 is 0. The van der Waals surface area contributed by atoms with Crippen LogP contribution in [0.5, 0.6) is 0 Å². The zero-order chi connectivity index (χ0) is 22.8. The number of benzene rings is 2. The fourth-order valence-corrected chi connectivity index (χ4v) is 3.70. The molecule has 0 aliphatic carbocycles. The summed E-state index contributed by atoms with van der Waals surface area (Å²) in [5, 5.41) is 8.15. The van der Waals surface area contributed by atoms with Gasteiger partial charge in [-0.2, -0.15) is 5.10 Å². The molecule has 2 aromatic carbocycles. The predicted octanol–water partition coefficient (Wildman–Crippen LogP) is 4.36. The Morgan fingerprint density at radius 1 is 1.03 bits per heavy atom. The average Bonchev–Trinajstić information content (AvgIpc) is 3.11. The van der Waals surface area contributed by atoms with Crippen LogP contribution in [0, 0.1) is 6.92 Å². The topological polar surface area (TPSA) is 80.1 Å². The zero-order valence-corrected chi connectivity index (χ0v) is 18.5. The molecular weight excluding hydrogens is 402 g/mol. The number of hydrogen-bond donors (Lipinski definition) is 1. The number of pyridine rings is 1. The first kappa shape index (κ1) is 21.2. The molecule has 2 amide bonds. The van der Waals surface area contributed by atoms with Gasteiger partial charge in [0.15, 0.2) is 5.65 Å². The lowest BCUT2D eigenvalue weighted by Gasteiger charge is -2.26. The summed E-state index contributed by atoms with van der Waals surface area (Å²) in [6.45, 7) is 3.86. The van der Waals surface area contributed by atoms with Gasteiger partial charge in [0.1, 0.15) is 0 Å². The number of anilines is 1. The third-order valence-electron chi connectivity index (χ3n) is 5.67. The van der Waals surface area contributed by atoms with Gasteiger partial charge in [0, 0.05) is 36.9 Å². The van der Waals surface area contributed by atoms with Crippen LogP contribution in [0.1, 0.15) is 44.9 Å². The van der Waals surface area contributed by atoms with Crippen LogP contribution in [0.4, 0.5) is 5.69 Å². The summed E-state index contributed by atoms with van der Waals surface area (Å²) in [6, 6.07) is 18.2. The number of carbonyl (C=O) groups is 2. The summed E-state index contributed by atoms with van der Waals surface area (Å²) in [5.74, 6) is -0.306. The molecule has 32 heavy (non-hydrogen) atoms. The van der Waals surface area contributed by atoms with Crippen LogP contribution in [-0.4, -0.2) is 38.5 Å². The molecule has 4 aromatic rings. The third kappa shape index (κ3) is 4.09. The number of fused-ring (bicyclic) bond motifs is 1. The molecule has 1 atom stereocenters. The minimum Gasteiger partial charge on any atom is -0.335 e. The summed E-state index contributed by atoms with van der Waals surface area (Å²) in [6.07, 6.45) is 1.59. The van der Waals surface area contributed by atoms with Gasteiger partial charge in [-0.25, -0.2) is 4.98 Å². The molecule has 0 radical (unpaired) electrons. The van der Waals surface area contributed by atoms with Gasteiger partial charge in [0.2, 0.25) is 0 Å². The van der Waals surface area contributed by atoms with E-state index in [2.05, 4.69) is 15.4 Å². The lowest BCUT2D eigenvalue weighted by Crippen LogP contribution is -2.29. The summed E-state index contributed by atoms with van der Waals surface area (Å²) in [4.78, 5) is 31.7. The van der Waals surface area contributed by atoms with E-state index in [1.54, 1.807) is 35.0 Å². The number of nitrogens with one attached hydrogen (secondary N) is 1. The number of hydrogen-bond acceptors (Lipinski definition) is 4. The highest BCUT2D eigenvalue weighted by Crippen LogP contribution is 2.25. The maximum absolute atomic E-state index is 13.2. The fraction of sp³-hybridized carbons (Fsp3) is 0.200. The minimum absolute atomic E-state index is 0.131. The third-order valence-corrected chi connectivity index (χ3v) is 5.67. The van der Waals surface area contributed by atoms with Gasteiger partial charge in [0.25, 0.3) is 11.8 Å². The van der Waals surface area contributed by atoms with Gasteiger partial charge in [0.05, 0.1) is 17.3 Å². The van der Waals surface area contributed by atoms with Gasteiger partial charge in [-0.1, -0.05) is 30.3 Å². The van der Waals surface area contributed by atoms with Gasteiger partial charge >= 0.3 is 0 Å². The standard InChI is InChI=1S/C25H25N5O2/c1-16-22-14-20(15-26-23(22)30(4)28-16)25(32)29(3)17(2)19-11-8-12-21(13-19)27-24(31)18-9-6-5-7-10-18/h5-15,17H,1-4H3,(H,27,31). The molecular formula is C25H25N5O2. The van der Waals surface area contributed by atoms with Gasteiger partial charge in [-0.15, -0.1) is 0 Å². The van der Waals surface area contributed by atoms with Crippen LogP contribution in [-0.2, 0) is 7.05 Å². The average molecular weight is 428 g/mol. The number of carbonyl (C=O) groups excluding carboxylic acids is 2. The summed E-state index contributed by atoms with van der Waals surface area (Å²) in [7, 11) is 3.60. The van der Waals surface area contributed by atoms with Gasteiger partial charge in [-0.05, 0) is 49.7 Å². The second kappa shape index (κ2) is 8.63. The molecule has 4 rings (SSSR count). The molecule has 1 unspecified atom stereocenters. The van der Waals surface area contributed by atoms with Crippen LogP contribution >= 0.6 is 0 Å². The molecule has 0 bridgehead atoms. The van der Waals surface area contributed by atoms with Crippen molar-refractivity contribution >= 4 is 28.5 Å². The van der Waals surface area contributed by atoms with Crippen LogP contribution < -0.4 is 5.32 Å². The molecule has 0 aliphatic rings. The Bertz CT molecular complexity index is 1300. The van der Waals surface area contributed by atoms with Crippen molar-refractivity contribution in [2.75, 3.05) is 12.4 Å². The molecule has 0 aliphatic heterocycles. The molecule has 0 saturated heterocycles. The second-order valence-electron chi connectivity index (χ2n) is 7.84. The number of aromatic nitrogens is 3. The maximum atomic E-state index is 13.2. The van der Waals surface area contributed by atoms with Crippen molar-refractivity contribution in [1.82, 2.24) is 19.7 Å². The van der Waals surface area contributed by atoms with Crippen LogP contribution in [0.15, 0.2) is 66.9 Å². The Labute approximate surface area is 186 Å². The molecule has 2 heterocycles. The van der Waals surface area contributed by atoms with E-state index < -0.39 is 0 Å². The molecule has 162 valence electrons. The van der Waals surface area contributed by atoms with Crippen LogP contribution in [0.3, 0.4) is 0 Å². The first-order valence-electron chi connectivity index (χ1n) is 10.4. The van der Waals surface area contributed by atoms with Crippen molar-refractivity contribution in [3.05, 3.63) is 89.2 Å². The number of rotatable bonds is 5. The normalized spacial score (nSPS) is 11.9. The van der Waals surface area contributed by atoms with E-state index in [0.29, 0.717) is 16.8 Å². The van der Waals surface area contributed by atoms with E-state index in [-0.39, 0.29) is 17.9 Å². The molecule has 0 fully saturated rings. The maximum Gasteiger partial charge on any atom is 0.255 e. The highest BCUT2D eigenvalue weighted by molar-refractivity contribution is 6.04. The predicted molar refractivity (Wildman–Crippen MR) is 125 cm³/mol.